The SMILES string of the molecule is CCCCCCCCCCCCC(=O)OC[C@H](COP(=O)(O)OC[C@H](O)COP(=O)(O)OC[C@@H](COC(=O)CCCCCCCCCCCCCCCCC(C)CC)OC(=O)CCCCCCCCCCCCCCCCC(C)CC)OC(=O)CCCCCCCCCCC(C)C. The van der Waals surface area contributed by atoms with E-state index in [1.807, 2.05) is 0 Å². The lowest BCUT2D eigenvalue weighted by Gasteiger charge is -2.21. The first-order valence-corrected chi connectivity index (χ1v) is 43.4. The van der Waals surface area contributed by atoms with E-state index in [0.717, 1.165) is 108 Å². The Morgan fingerprint density at radius 2 is 0.526 bits per heavy atom. The van der Waals surface area contributed by atoms with Gasteiger partial charge in [-0.05, 0) is 43.4 Å². The van der Waals surface area contributed by atoms with Gasteiger partial charge in [0.25, 0.3) is 0 Å². The van der Waals surface area contributed by atoms with Crippen molar-refractivity contribution in [2.75, 3.05) is 39.6 Å². The van der Waals surface area contributed by atoms with Crippen molar-refractivity contribution in [1.29, 1.82) is 0 Å². The molecule has 0 aliphatic rings. The van der Waals surface area contributed by atoms with Crippen molar-refractivity contribution in [3.63, 3.8) is 0 Å². The molecule has 576 valence electrons. The Morgan fingerprint density at radius 1 is 0.299 bits per heavy atom. The van der Waals surface area contributed by atoms with E-state index < -0.39 is 97.5 Å². The van der Waals surface area contributed by atoms with Gasteiger partial charge in [0, 0.05) is 25.7 Å². The lowest BCUT2D eigenvalue weighted by atomic mass is 9.99. The van der Waals surface area contributed by atoms with Gasteiger partial charge in [-0.1, -0.05) is 350 Å². The van der Waals surface area contributed by atoms with E-state index in [0.29, 0.717) is 25.7 Å². The minimum Gasteiger partial charge on any atom is -0.462 e. The van der Waals surface area contributed by atoms with E-state index in [1.165, 1.54) is 212 Å². The average Bonchev–Trinajstić information content (AvgIpc) is 1.36. The molecular weight excluding hydrogens is 1270 g/mol. The number of aliphatic hydroxyl groups excluding tert-OH is 1. The summed E-state index contributed by atoms with van der Waals surface area (Å²) in [5, 5.41) is 10.6. The maximum absolute atomic E-state index is 13.1. The zero-order valence-corrected chi connectivity index (χ0v) is 65.3. The van der Waals surface area contributed by atoms with Crippen LogP contribution in [-0.4, -0.2) is 96.7 Å². The molecule has 0 bridgehead atoms. The van der Waals surface area contributed by atoms with Gasteiger partial charge in [0.05, 0.1) is 26.4 Å². The van der Waals surface area contributed by atoms with Gasteiger partial charge in [-0.2, -0.15) is 0 Å². The third-order valence-corrected chi connectivity index (χ3v) is 20.8. The number of hydrogen-bond acceptors (Lipinski definition) is 15. The highest BCUT2D eigenvalue weighted by atomic mass is 31.2. The maximum atomic E-state index is 13.1. The van der Waals surface area contributed by atoms with E-state index in [2.05, 4.69) is 48.5 Å². The number of phosphoric ester groups is 2. The molecule has 3 N–H and O–H groups in total. The molecule has 0 aromatic carbocycles. The minimum absolute atomic E-state index is 0.105. The number of phosphoric acid groups is 2. The van der Waals surface area contributed by atoms with Crippen molar-refractivity contribution in [2.24, 2.45) is 17.8 Å². The maximum Gasteiger partial charge on any atom is 0.472 e. The molecule has 17 nitrogen and oxygen atoms in total. The summed E-state index contributed by atoms with van der Waals surface area (Å²) in [7, 11) is -9.91. The number of hydrogen-bond donors (Lipinski definition) is 3. The lowest BCUT2D eigenvalue weighted by Crippen LogP contribution is -2.30. The molecule has 0 aliphatic carbocycles. The van der Waals surface area contributed by atoms with Gasteiger partial charge < -0.3 is 33.8 Å². The van der Waals surface area contributed by atoms with Crippen LogP contribution < -0.4 is 0 Å². The Bertz CT molecular complexity index is 1890. The second-order valence-corrected chi connectivity index (χ2v) is 32.0. The predicted molar refractivity (Wildman–Crippen MR) is 395 cm³/mol. The van der Waals surface area contributed by atoms with Gasteiger partial charge in [-0.15, -0.1) is 0 Å². The summed E-state index contributed by atoms with van der Waals surface area (Å²) in [5.41, 5.74) is 0. The van der Waals surface area contributed by atoms with Gasteiger partial charge in [0.2, 0.25) is 0 Å². The van der Waals surface area contributed by atoms with E-state index in [-0.39, 0.29) is 25.7 Å². The lowest BCUT2D eigenvalue weighted by molar-refractivity contribution is -0.161. The topological polar surface area (TPSA) is 237 Å². The Kier molecular flexibility index (Phi) is 67.1. The highest BCUT2D eigenvalue weighted by Crippen LogP contribution is 2.45. The summed E-state index contributed by atoms with van der Waals surface area (Å²) in [6.45, 7) is 12.0. The number of unbranched alkanes of at least 4 members (excludes halogenated alkanes) is 42. The largest absolute Gasteiger partial charge is 0.472 e. The molecule has 0 rings (SSSR count). The summed E-state index contributed by atoms with van der Waals surface area (Å²) in [5.74, 6) is 0.298. The first kappa shape index (κ1) is 95.1. The number of carbonyl (C=O) groups is 4. The molecule has 0 spiro atoms. The van der Waals surface area contributed by atoms with Crippen molar-refractivity contribution in [3.05, 3.63) is 0 Å². The van der Waals surface area contributed by atoms with Crippen LogP contribution in [0.25, 0.3) is 0 Å². The van der Waals surface area contributed by atoms with Crippen LogP contribution in [-0.2, 0) is 65.4 Å². The van der Waals surface area contributed by atoms with Crippen LogP contribution in [0.1, 0.15) is 402 Å². The summed E-state index contributed by atoms with van der Waals surface area (Å²) >= 11 is 0. The predicted octanol–water partition coefficient (Wildman–Crippen LogP) is 23.0. The molecule has 19 heteroatoms. The van der Waals surface area contributed by atoms with Gasteiger partial charge in [0.15, 0.2) is 12.2 Å². The number of carbonyl (C=O) groups excluding carboxylic acids is 4. The van der Waals surface area contributed by atoms with Crippen molar-refractivity contribution in [1.82, 2.24) is 0 Å². The van der Waals surface area contributed by atoms with Crippen LogP contribution in [0.4, 0.5) is 0 Å². The van der Waals surface area contributed by atoms with Crippen molar-refractivity contribution in [3.8, 4) is 0 Å². The second kappa shape index (κ2) is 68.5. The Labute approximate surface area is 594 Å². The molecule has 97 heavy (non-hydrogen) atoms. The fraction of sp³-hybridized carbons (Fsp3) is 0.949. The molecule has 0 saturated heterocycles. The summed E-state index contributed by atoms with van der Waals surface area (Å²) < 4.78 is 68.6. The number of aliphatic hydroxyl groups is 1. The van der Waals surface area contributed by atoms with Crippen molar-refractivity contribution >= 4 is 39.5 Å². The molecule has 7 atom stereocenters. The van der Waals surface area contributed by atoms with E-state index in [9.17, 15) is 43.2 Å². The van der Waals surface area contributed by atoms with Crippen LogP contribution in [0.3, 0.4) is 0 Å². The molecule has 0 aromatic heterocycles. The smallest absolute Gasteiger partial charge is 0.462 e. The zero-order chi connectivity index (χ0) is 71.6. The number of ether oxygens (including phenoxy) is 4. The fourth-order valence-electron chi connectivity index (χ4n) is 11.9. The molecule has 4 unspecified atom stereocenters. The normalized spacial score (nSPS) is 14.6. The third kappa shape index (κ3) is 69.5. The van der Waals surface area contributed by atoms with Gasteiger partial charge in [-0.25, -0.2) is 9.13 Å². The van der Waals surface area contributed by atoms with E-state index >= 15 is 0 Å². The molecule has 0 fully saturated rings. The summed E-state index contributed by atoms with van der Waals surface area (Å²) in [6.07, 6.45) is 55.4. The van der Waals surface area contributed by atoms with Crippen LogP contribution in [0.2, 0.25) is 0 Å². The van der Waals surface area contributed by atoms with Crippen molar-refractivity contribution in [2.45, 2.75) is 420 Å². The summed E-state index contributed by atoms with van der Waals surface area (Å²) in [4.78, 5) is 72.9. The molecular formula is C78H152O17P2. The Balaban J connectivity index is 5.23. The highest BCUT2D eigenvalue weighted by Gasteiger charge is 2.30. The van der Waals surface area contributed by atoms with Crippen LogP contribution in [0.5, 0.6) is 0 Å². The molecule has 0 saturated carbocycles. The minimum atomic E-state index is -4.96. The van der Waals surface area contributed by atoms with Gasteiger partial charge in [0.1, 0.15) is 19.3 Å². The number of rotatable bonds is 76. The number of esters is 4. The average molecular weight is 1420 g/mol. The van der Waals surface area contributed by atoms with Crippen molar-refractivity contribution < 1.29 is 80.2 Å². The fourth-order valence-corrected chi connectivity index (χ4v) is 13.5. The third-order valence-electron chi connectivity index (χ3n) is 18.9. The standard InChI is InChI=1S/C78H152O17P2/c1-8-11-12-13-14-15-30-38-45-52-59-75(80)88-66-74(95-78(83)62-55-48-41-34-33-35-42-49-56-69(4)5)68-93-97(86,87)91-64-72(79)63-90-96(84,85)92-67-73(94-77(82)61-54-47-40-32-27-23-19-17-21-25-29-37-44-51-58-71(7)10-3)65-89-76(81)60-53-46-39-31-26-22-18-16-20-24-28-36-43-50-57-70(6)9-2/h69-74,79H,8-68H2,1-7H3,(H,84,85)(H,86,87)/t70?,71?,72-,73-,74-/m1/s1. The Morgan fingerprint density at radius 3 is 0.784 bits per heavy atom. The summed E-state index contributed by atoms with van der Waals surface area (Å²) in [6, 6.07) is 0. The Hall–Kier alpha value is -1.94. The molecule has 0 radical (unpaired) electrons. The molecule has 0 aliphatic heterocycles. The monoisotopic (exact) mass is 1420 g/mol. The van der Waals surface area contributed by atoms with Crippen LogP contribution >= 0.6 is 15.6 Å². The zero-order valence-electron chi connectivity index (χ0n) is 63.5. The molecule has 0 heterocycles. The first-order chi connectivity index (χ1) is 46.8. The van der Waals surface area contributed by atoms with Crippen LogP contribution in [0, 0.1) is 17.8 Å². The quantitative estimate of drug-likeness (QED) is 0.0222. The van der Waals surface area contributed by atoms with Gasteiger partial charge in [-0.3, -0.25) is 37.3 Å². The molecule has 0 amide bonds. The molecule has 0 aromatic rings. The van der Waals surface area contributed by atoms with E-state index in [4.69, 9.17) is 37.0 Å². The second-order valence-electron chi connectivity index (χ2n) is 29.1. The van der Waals surface area contributed by atoms with Gasteiger partial charge >= 0.3 is 39.5 Å². The van der Waals surface area contributed by atoms with Crippen LogP contribution in [0.15, 0.2) is 0 Å². The first-order valence-electron chi connectivity index (χ1n) is 40.4. The highest BCUT2D eigenvalue weighted by molar-refractivity contribution is 7.47. The van der Waals surface area contributed by atoms with E-state index in [1.54, 1.807) is 0 Å².